The predicted molar refractivity (Wildman–Crippen MR) is 94.1 cm³/mol. The molecule has 0 radical (unpaired) electrons. The summed E-state index contributed by atoms with van der Waals surface area (Å²) in [4.78, 5) is 28.8. The summed E-state index contributed by atoms with van der Waals surface area (Å²) in [6.07, 6.45) is 6.12. The average molecular weight is 352 g/mol. The molecule has 3 fully saturated rings. The van der Waals surface area contributed by atoms with E-state index in [0.717, 1.165) is 51.4 Å². The highest BCUT2D eigenvalue weighted by molar-refractivity contribution is 5.79. The highest BCUT2D eigenvalue weighted by atomic mass is 16.6. The summed E-state index contributed by atoms with van der Waals surface area (Å²) >= 11 is 0. The number of hydrogen-bond donors (Lipinski definition) is 1. The Kier molecular flexibility index (Phi) is 5.56. The maximum absolute atomic E-state index is 12.7. The molecular formula is C19H32N2O4. The Morgan fingerprint density at radius 1 is 1.28 bits per heavy atom. The van der Waals surface area contributed by atoms with Gasteiger partial charge in [-0.2, -0.15) is 0 Å². The molecule has 3 rings (SSSR count). The van der Waals surface area contributed by atoms with Crippen molar-refractivity contribution in [2.24, 2.45) is 5.92 Å². The fraction of sp³-hybridized carbons (Fsp3) is 0.895. The van der Waals surface area contributed by atoms with Crippen LogP contribution in [0.3, 0.4) is 0 Å². The van der Waals surface area contributed by atoms with E-state index in [1.807, 2.05) is 9.80 Å². The van der Waals surface area contributed by atoms with Gasteiger partial charge in [0.05, 0.1) is 12.6 Å². The minimum Gasteiger partial charge on any atom is -0.441 e. The topological polar surface area (TPSA) is 70.1 Å². The molecule has 25 heavy (non-hydrogen) atoms. The van der Waals surface area contributed by atoms with Crippen LogP contribution < -0.4 is 0 Å². The highest BCUT2D eigenvalue weighted by Gasteiger charge is 2.48. The summed E-state index contributed by atoms with van der Waals surface area (Å²) in [6.45, 7) is 6.20. The van der Waals surface area contributed by atoms with Gasteiger partial charge in [-0.1, -0.05) is 13.3 Å². The lowest BCUT2D eigenvalue weighted by atomic mass is 9.85. The highest BCUT2D eigenvalue weighted by Crippen LogP contribution is 2.36. The number of carbonyl (C=O) groups excluding carboxylic acids is 2. The van der Waals surface area contributed by atoms with Crippen molar-refractivity contribution in [2.45, 2.75) is 83.0 Å². The number of amides is 2. The van der Waals surface area contributed by atoms with Gasteiger partial charge in [-0.15, -0.1) is 0 Å². The molecule has 6 nitrogen and oxygen atoms in total. The van der Waals surface area contributed by atoms with Gasteiger partial charge in [0, 0.05) is 37.9 Å². The maximum atomic E-state index is 12.7. The second-order valence-corrected chi connectivity index (χ2v) is 8.15. The van der Waals surface area contributed by atoms with Gasteiger partial charge in [0.1, 0.15) is 5.60 Å². The minimum absolute atomic E-state index is 0.0599. The van der Waals surface area contributed by atoms with Gasteiger partial charge in [-0.25, -0.2) is 4.79 Å². The SMILES string of the molecule is CCC[C@H](C)N1CC2(CCN(C(=O)C3CCC(O)CC3)CC2)OC1=O. The van der Waals surface area contributed by atoms with Crippen LogP contribution in [0.2, 0.25) is 0 Å². The Morgan fingerprint density at radius 3 is 2.52 bits per heavy atom. The van der Waals surface area contributed by atoms with E-state index in [2.05, 4.69) is 13.8 Å². The molecule has 1 spiro atoms. The Labute approximate surface area is 150 Å². The Bertz CT molecular complexity index is 494. The van der Waals surface area contributed by atoms with Crippen LogP contribution in [0, 0.1) is 5.92 Å². The zero-order chi connectivity index (χ0) is 18.0. The van der Waals surface area contributed by atoms with E-state index in [-0.39, 0.29) is 30.1 Å². The second kappa shape index (κ2) is 7.52. The third-order valence-corrected chi connectivity index (χ3v) is 6.27. The summed E-state index contributed by atoms with van der Waals surface area (Å²) in [7, 11) is 0. The van der Waals surface area contributed by atoms with Crippen LogP contribution >= 0.6 is 0 Å². The van der Waals surface area contributed by atoms with Crippen LogP contribution in [0.15, 0.2) is 0 Å². The second-order valence-electron chi connectivity index (χ2n) is 8.15. The third kappa shape index (κ3) is 3.94. The standard InChI is InChI=1S/C19H32N2O4/c1-3-4-14(2)21-13-19(25-18(21)24)9-11-20(12-10-19)17(23)15-5-7-16(22)8-6-15/h14-16,22H,3-13H2,1-2H3/t14-,15?,16?/m0/s1. The molecule has 142 valence electrons. The van der Waals surface area contributed by atoms with E-state index in [4.69, 9.17) is 4.74 Å². The van der Waals surface area contributed by atoms with E-state index in [0.29, 0.717) is 19.6 Å². The molecule has 0 aromatic carbocycles. The van der Waals surface area contributed by atoms with Crippen LogP contribution in [0.4, 0.5) is 4.79 Å². The van der Waals surface area contributed by atoms with Crippen LogP contribution in [-0.2, 0) is 9.53 Å². The summed E-state index contributed by atoms with van der Waals surface area (Å²) in [5, 5.41) is 9.61. The molecule has 2 amide bonds. The molecule has 1 saturated carbocycles. The summed E-state index contributed by atoms with van der Waals surface area (Å²) in [5.41, 5.74) is -0.404. The monoisotopic (exact) mass is 352 g/mol. The lowest BCUT2D eigenvalue weighted by molar-refractivity contribution is -0.140. The van der Waals surface area contributed by atoms with Crippen molar-refractivity contribution in [2.75, 3.05) is 19.6 Å². The first-order valence-electron chi connectivity index (χ1n) is 9.90. The number of aliphatic hydroxyl groups excluding tert-OH is 1. The quantitative estimate of drug-likeness (QED) is 0.844. The third-order valence-electron chi connectivity index (χ3n) is 6.27. The number of carbonyl (C=O) groups is 2. The number of nitrogens with zero attached hydrogens (tertiary/aromatic N) is 2. The molecule has 0 bridgehead atoms. The predicted octanol–water partition coefficient (Wildman–Crippen LogP) is 2.54. The molecule has 1 N–H and O–H groups in total. The van der Waals surface area contributed by atoms with Gasteiger partial charge >= 0.3 is 6.09 Å². The largest absolute Gasteiger partial charge is 0.441 e. The number of rotatable bonds is 4. The molecule has 2 heterocycles. The van der Waals surface area contributed by atoms with E-state index >= 15 is 0 Å². The molecule has 0 aromatic heterocycles. The molecule has 0 unspecified atom stereocenters. The first-order valence-corrected chi connectivity index (χ1v) is 9.90. The van der Waals surface area contributed by atoms with Crippen molar-refractivity contribution in [1.82, 2.24) is 9.80 Å². The van der Waals surface area contributed by atoms with Gasteiger partial charge in [-0.05, 0) is 39.0 Å². The van der Waals surface area contributed by atoms with Crippen molar-refractivity contribution in [1.29, 1.82) is 0 Å². The van der Waals surface area contributed by atoms with Gasteiger partial charge in [0.15, 0.2) is 0 Å². The molecule has 2 aliphatic heterocycles. The molecule has 0 aromatic rings. The number of piperidine rings is 1. The number of hydrogen-bond acceptors (Lipinski definition) is 4. The van der Waals surface area contributed by atoms with Crippen LogP contribution in [-0.4, -0.2) is 64.3 Å². The number of ether oxygens (including phenoxy) is 1. The number of aliphatic hydroxyl groups is 1. The number of likely N-dealkylation sites (tertiary alicyclic amines) is 1. The molecule has 3 aliphatic rings. The van der Waals surface area contributed by atoms with Crippen molar-refractivity contribution in [3.05, 3.63) is 0 Å². The van der Waals surface area contributed by atoms with Crippen molar-refractivity contribution >= 4 is 12.0 Å². The van der Waals surface area contributed by atoms with Gasteiger partial charge in [0.25, 0.3) is 0 Å². The van der Waals surface area contributed by atoms with Crippen LogP contribution in [0.25, 0.3) is 0 Å². The van der Waals surface area contributed by atoms with Crippen molar-refractivity contribution in [3.8, 4) is 0 Å². The molecule has 6 heteroatoms. The summed E-state index contributed by atoms with van der Waals surface area (Å²) < 4.78 is 5.77. The maximum Gasteiger partial charge on any atom is 0.410 e. The molecule has 1 aliphatic carbocycles. The molecule has 1 atom stereocenters. The van der Waals surface area contributed by atoms with E-state index in [1.54, 1.807) is 0 Å². The Morgan fingerprint density at radius 2 is 1.92 bits per heavy atom. The Hall–Kier alpha value is -1.30. The first kappa shape index (κ1) is 18.5. The van der Waals surface area contributed by atoms with Crippen LogP contribution in [0.5, 0.6) is 0 Å². The molecule has 2 saturated heterocycles. The van der Waals surface area contributed by atoms with Crippen molar-refractivity contribution in [3.63, 3.8) is 0 Å². The molecular weight excluding hydrogens is 320 g/mol. The summed E-state index contributed by atoms with van der Waals surface area (Å²) in [6, 6.07) is 0.213. The van der Waals surface area contributed by atoms with Gasteiger partial charge < -0.3 is 19.6 Å². The fourth-order valence-electron chi connectivity index (χ4n) is 4.54. The first-order chi connectivity index (χ1) is 11.9. The smallest absolute Gasteiger partial charge is 0.410 e. The zero-order valence-electron chi connectivity index (χ0n) is 15.6. The van der Waals surface area contributed by atoms with E-state index in [1.165, 1.54) is 0 Å². The summed E-state index contributed by atoms with van der Waals surface area (Å²) in [5.74, 6) is 0.284. The average Bonchev–Trinajstić information content (AvgIpc) is 2.92. The van der Waals surface area contributed by atoms with Crippen LogP contribution in [0.1, 0.15) is 65.2 Å². The van der Waals surface area contributed by atoms with E-state index in [9.17, 15) is 14.7 Å². The Balaban J connectivity index is 1.53. The zero-order valence-corrected chi connectivity index (χ0v) is 15.6. The minimum atomic E-state index is -0.404. The fourth-order valence-corrected chi connectivity index (χ4v) is 4.54. The van der Waals surface area contributed by atoms with E-state index < -0.39 is 5.60 Å². The van der Waals surface area contributed by atoms with Gasteiger partial charge in [0.2, 0.25) is 5.91 Å². The lowest BCUT2D eigenvalue weighted by Crippen LogP contribution is -2.50. The normalized spacial score (nSPS) is 30.4. The van der Waals surface area contributed by atoms with Gasteiger partial charge in [-0.3, -0.25) is 4.79 Å². The lowest BCUT2D eigenvalue weighted by Gasteiger charge is -2.39. The van der Waals surface area contributed by atoms with Crippen molar-refractivity contribution < 1.29 is 19.4 Å².